The molecule has 0 aromatic carbocycles. The molecule has 1 saturated heterocycles. The minimum Gasteiger partial charge on any atom is -0.379 e. The lowest BCUT2D eigenvalue weighted by Crippen LogP contribution is -2.30. The van der Waals surface area contributed by atoms with Crippen LogP contribution in [0.15, 0.2) is 36.9 Å². The molecule has 2 atom stereocenters. The van der Waals surface area contributed by atoms with Gasteiger partial charge in [0.25, 0.3) is 0 Å². The number of rotatable bonds is 7. The third-order valence-corrected chi connectivity index (χ3v) is 5.35. The second-order valence-corrected chi connectivity index (χ2v) is 7.74. The molecule has 0 spiro atoms. The number of likely N-dealkylation sites (tertiary alicyclic amines) is 1. The number of amides is 2. The molecule has 1 aliphatic rings. The van der Waals surface area contributed by atoms with E-state index >= 15 is 0 Å². The molecule has 1 N–H and O–H groups in total. The van der Waals surface area contributed by atoms with Crippen LogP contribution in [0.1, 0.15) is 38.3 Å². The van der Waals surface area contributed by atoms with Crippen LogP contribution in [-0.2, 0) is 20.9 Å². The van der Waals surface area contributed by atoms with Gasteiger partial charge in [0.15, 0.2) is 0 Å². The average molecular weight is 385 g/mol. The van der Waals surface area contributed by atoms with Gasteiger partial charge in [-0.15, -0.1) is 0 Å². The second kappa shape index (κ2) is 8.10. The van der Waals surface area contributed by atoms with Gasteiger partial charge in [-0.25, -0.2) is 0 Å². The molecule has 0 unspecified atom stereocenters. The fourth-order valence-corrected chi connectivity index (χ4v) is 3.38. The van der Waals surface area contributed by atoms with E-state index < -0.39 is 5.92 Å². The van der Waals surface area contributed by atoms with Crippen LogP contribution in [0.25, 0.3) is 0 Å². The zero-order chi connectivity index (χ0) is 20.3. The molecular formula is C20H27N5O3. The maximum Gasteiger partial charge on any atom is 0.230 e. The minimum absolute atomic E-state index is 0.0495. The van der Waals surface area contributed by atoms with Gasteiger partial charge >= 0.3 is 0 Å². The minimum atomic E-state index is -0.475. The number of hydrogen-bond donors (Lipinski definition) is 1. The summed E-state index contributed by atoms with van der Waals surface area (Å²) in [4.78, 5) is 30.9. The van der Waals surface area contributed by atoms with Gasteiger partial charge in [-0.2, -0.15) is 5.10 Å². The highest BCUT2D eigenvalue weighted by atomic mass is 16.5. The molecule has 28 heavy (non-hydrogen) atoms. The first-order chi connectivity index (χ1) is 13.3. The van der Waals surface area contributed by atoms with Gasteiger partial charge in [-0.05, 0) is 31.9 Å². The molecule has 3 heterocycles. The van der Waals surface area contributed by atoms with Crippen LogP contribution < -0.4 is 5.32 Å². The molecule has 0 bridgehead atoms. The van der Waals surface area contributed by atoms with E-state index in [0.29, 0.717) is 12.2 Å². The summed E-state index contributed by atoms with van der Waals surface area (Å²) < 4.78 is 7.20. The number of aromatic nitrogens is 3. The van der Waals surface area contributed by atoms with E-state index in [9.17, 15) is 9.59 Å². The Morgan fingerprint density at radius 1 is 1.39 bits per heavy atom. The van der Waals surface area contributed by atoms with Gasteiger partial charge in [-0.3, -0.25) is 19.3 Å². The summed E-state index contributed by atoms with van der Waals surface area (Å²) in [5, 5.41) is 7.20. The number of ether oxygens (including phenoxy) is 1. The summed E-state index contributed by atoms with van der Waals surface area (Å²) in [5.74, 6) is -0.715. The lowest BCUT2D eigenvalue weighted by atomic mass is 9.94. The highest BCUT2D eigenvalue weighted by Crippen LogP contribution is 2.37. The molecule has 8 nitrogen and oxygen atoms in total. The number of nitrogens with zero attached hydrogens (tertiary/aromatic N) is 4. The Morgan fingerprint density at radius 2 is 2.18 bits per heavy atom. The number of anilines is 1. The quantitative estimate of drug-likeness (QED) is 0.790. The van der Waals surface area contributed by atoms with Gasteiger partial charge in [0.1, 0.15) is 0 Å². The molecule has 2 aromatic heterocycles. The molecule has 1 fully saturated rings. The van der Waals surface area contributed by atoms with Crippen LogP contribution in [-0.4, -0.2) is 51.2 Å². The van der Waals surface area contributed by atoms with Crippen molar-refractivity contribution in [2.75, 3.05) is 19.5 Å². The standard InChI is InChI=1S/C20H27N5O3/c1-20(2,28-4)7-9-25-13-15(12-22-25)23-19(27)16-10-17(26)24(3)18(16)14-6-5-8-21-11-14/h5-6,8,11-13,16,18H,7,9-10H2,1-4H3,(H,23,27)/t16-,18+/m1/s1. The number of hydrogen-bond acceptors (Lipinski definition) is 5. The first-order valence-corrected chi connectivity index (χ1v) is 9.35. The lowest BCUT2D eigenvalue weighted by Gasteiger charge is -2.24. The Hall–Kier alpha value is -2.74. The zero-order valence-corrected chi connectivity index (χ0v) is 16.8. The number of aryl methyl sites for hydroxylation is 1. The van der Waals surface area contributed by atoms with E-state index in [-0.39, 0.29) is 29.9 Å². The van der Waals surface area contributed by atoms with Gasteiger partial charge in [-0.1, -0.05) is 6.07 Å². The van der Waals surface area contributed by atoms with E-state index in [1.807, 2.05) is 26.0 Å². The van der Waals surface area contributed by atoms with E-state index in [2.05, 4.69) is 15.4 Å². The van der Waals surface area contributed by atoms with Gasteiger partial charge < -0.3 is 15.0 Å². The van der Waals surface area contributed by atoms with Crippen molar-refractivity contribution >= 4 is 17.5 Å². The van der Waals surface area contributed by atoms with E-state index in [0.717, 1.165) is 12.0 Å². The van der Waals surface area contributed by atoms with Crippen LogP contribution in [0.5, 0.6) is 0 Å². The predicted octanol–water partition coefficient (Wildman–Crippen LogP) is 2.25. The number of carbonyl (C=O) groups excluding carboxylic acids is 2. The maximum absolute atomic E-state index is 12.9. The molecule has 3 rings (SSSR count). The van der Waals surface area contributed by atoms with Crippen molar-refractivity contribution in [1.82, 2.24) is 19.7 Å². The van der Waals surface area contributed by atoms with Gasteiger partial charge in [0.05, 0.1) is 29.4 Å². The normalized spacial score (nSPS) is 19.9. The summed E-state index contributed by atoms with van der Waals surface area (Å²) in [6, 6.07) is 3.38. The summed E-state index contributed by atoms with van der Waals surface area (Å²) in [7, 11) is 3.41. The molecule has 1 aliphatic heterocycles. The van der Waals surface area contributed by atoms with Crippen LogP contribution in [0, 0.1) is 5.92 Å². The van der Waals surface area contributed by atoms with Gasteiger partial charge in [0, 0.05) is 45.7 Å². The number of carbonyl (C=O) groups is 2. The van der Waals surface area contributed by atoms with Crippen molar-refractivity contribution in [1.29, 1.82) is 0 Å². The predicted molar refractivity (Wildman–Crippen MR) is 104 cm³/mol. The largest absolute Gasteiger partial charge is 0.379 e. The van der Waals surface area contributed by atoms with Crippen molar-refractivity contribution in [2.24, 2.45) is 5.92 Å². The van der Waals surface area contributed by atoms with E-state index in [4.69, 9.17) is 4.74 Å². The van der Waals surface area contributed by atoms with Crippen LogP contribution >= 0.6 is 0 Å². The molecular weight excluding hydrogens is 358 g/mol. The van der Waals surface area contributed by atoms with E-state index in [1.165, 1.54) is 0 Å². The van der Waals surface area contributed by atoms with Crippen molar-refractivity contribution in [3.63, 3.8) is 0 Å². The van der Waals surface area contributed by atoms with Crippen LogP contribution in [0.4, 0.5) is 5.69 Å². The zero-order valence-electron chi connectivity index (χ0n) is 16.8. The molecule has 0 aliphatic carbocycles. The smallest absolute Gasteiger partial charge is 0.230 e. The summed E-state index contributed by atoms with van der Waals surface area (Å²) >= 11 is 0. The Morgan fingerprint density at radius 3 is 2.86 bits per heavy atom. The Bertz CT molecular complexity index is 833. The molecule has 0 saturated carbocycles. The highest BCUT2D eigenvalue weighted by Gasteiger charge is 2.42. The number of nitrogens with one attached hydrogen (secondary N) is 1. The molecule has 8 heteroatoms. The summed E-state index contributed by atoms with van der Waals surface area (Å²) in [6.45, 7) is 4.72. The Balaban J connectivity index is 1.68. The van der Waals surface area contributed by atoms with Crippen molar-refractivity contribution in [3.8, 4) is 0 Å². The molecule has 2 aromatic rings. The van der Waals surface area contributed by atoms with Crippen molar-refractivity contribution in [3.05, 3.63) is 42.5 Å². The van der Waals surface area contributed by atoms with E-state index in [1.54, 1.807) is 48.5 Å². The van der Waals surface area contributed by atoms with Crippen LogP contribution in [0.3, 0.4) is 0 Å². The highest BCUT2D eigenvalue weighted by molar-refractivity contribution is 5.97. The molecule has 2 amide bonds. The first-order valence-electron chi connectivity index (χ1n) is 9.35. The van der Waals surface area contributed by atoms with Crippen molar-refractivity contribution in [2.45, 2.75) is 44.9 Å². The second-order valence-electron chi connectivity index (χ2n) is 7.74. The van der Waals surface area contributed by atoms with Crippen LogP contribution in [0.2, 0.25) is 0 Å². The van der Waals surface area contributed by atoms with Gasteiger partial charge in [0.2, 0.25) is 11.8 Å². The maximum atomic E-state index is 12.9. The Kier molecular flexibility index (Phi) is 5.79. The topological polar surface area (TPSA) is 89.4 Å². The fourth-order valence-electron chi connectivity index (χ4n) is 3.38. The lowest BCUT2D eigenvalue weighted by molar-refractivity contribution is -0.128. The molecule has 0 radical (unpaired) electrons. The third kappa shape index (κ3) is 4.39. The van der Waals surface area contributed by atoms with Crippen molar-refractivity contribution < 1.29 is 14.3 Å². The number of methoxy groups -OCH3 is 1. The fraction of sp³-hybridized carbons (Fsp3) is 0.500. The first kappa shape index (κ1) is 20.0. The summed E-state index contributed by atoms with van der Waals surface area (Å²) in [6.07, 6.45) is 7.77. The monoisotopic (exact) mass is 385 g/mol. The third-order valence-electron chi connectivity index (χ3n) is 5.35. The average Bonchev–Trinajstić information content (AvgIpc) is 3.25. The number of pyridine rings is 1. The SMILES string of the molecule is COC(C)(C)CCn1cc(NC(=O)[C@@H]2CC(=O)N(C)[C@H]2c2cccnc2)cn1. The molecule has 150 valence electrons. The Labute approximate surface area is 164 Å². The summed E-state index contributed by atoms with van der Waals surface area (Å²) in [5.41, 5.74) is 1.24.